The number of nitrogens with two attached hydrogens (primary N) is 1. The lowest BCUT2D eigenvalue weighted by molar-refractivity contribution is 0.241. The fourth-order valence-corrected chi connectivity index (χ4v) is 2.08. The van der Waals surface area contributed by atoms with E-state index in [2.05, 4.69) is 18.7 Å². The van der Waals surface area contributed by atoms with Gasteiger partial charge in [0.2, 0.25) is 0 Å². The average molecular weight is 265 g/mol. The van der Waals surface area contributed by atoms with Crippen molar-refractivity contribution in [3.63, 3.8) is 0 Å². The third-order valence-electron chi connectivity index (χ3n) is 3.03. The molecule has 0 saturated heterocycles. The molecule has 1 rings (SSSR count). The van der Waals surface area contributed by atoms with Gasteiger partial charge in [0, 0.05) is 26.1 Å². The van der Waals surface area contributed by atoms with Crippen LogP contribution in [0.25, 0.3) is 0 Å². The topological polar surface area (TPSA) is 53.1 Å². The predicted molar refractivity (Wildman–Crippen MR) is 77.8 cm³/mol. The van der Waals surface area contributed by atoms with Crippen LogP contribution in [-0.2, 0) is 6.54 Å². The van der Waals surface area contributed by atoms with Gasteiger partial charge in [-0.3, -0.25) is 10.3 Å². The second kappa shape index (κ2) is 7.24. The van der Waals surface area contributed by atoms with Crippen LogP contribution < -0.4 is 5.73 Å². The first-order valence-electron chi connectivity index (χ1n) is 6.68. The van der Waals surface area contributed by atoms with E-state index in [-0.39, 0.29) is 11.7 Å². The molecule has 0 amide bonds. The number of hydrogen-bond acceptors (Lipinski definition) is 2. The van der Waals surface area contributed by atoms with Gasteiger partial charge >= 0.3 is 0 Å². The maximum atomic E-state index is 13.3. The van der Waals surface area contributed by atoms with Gasteiger partial charge in [-0.1, -0.05) is 19.9 Å². The molecule has 0 aliphatic rings. The van der Waals surface area contributed by atoms with Crippen LogP contribution in [0.15, 0.2) is 18.2 Å². The van der Waals surface area contributed by atoms with Gasteiger partial charge in [0.1, 0.15) is 5.82 Å². The third kappa shape index (κ3) is 5.83. The molecule has 0 aliphatic carbocycles. The van der Waals surface area contributed by atoms with E-state index in [1.165, 1.54) is 6.07 Å². The molecule has 0 saturated carbocycles. The summed E-state index contributed by atoms with van der Waals surface area (Å²) >= 11 is 0. The van der Waals surface area contributed by atoms with E-state index >= 15 is 0 Å². The van der Waals surface area contributed by atoms with Crippen LogP contribution in [0.2, 0.25) is 0 Å². The molecule has 3 N–H and O–H groups in total. The van der Waals surface area contributed by atoms with Crippen molar-refractivity contribution < 1.29 is 4.39 Å². The normalized spacial score (nSPS) is 11.3. The highest BCUT2D eigenvalue weighted by molar-refractivity contribution is 5.76. The fraction of sp³-hybridized carbons (Fsp3) is 0.533. The summed E-state index contributed by atoms with van der Waals surface area (Å²) in [6.45, 7) is 8.66. The molecular weight excluding hydrogens is 241 g/mol. The Morgan fingerprint density at radius 3 is 2.68 bits per heavy atom. The summed E-state index contributed by atoms with van der Waals surface area (Å²) < 4.78 is 13.3. The van der Waals surface area contributed by atoms with Crippen LogP contribution >= 0.6 is 0 Å². The van der Waals surface area contributed by atoms with Gasteiger partial charge < -0.3 is 5.73 Å². The Morgan fingerprint density at radius 2 is 2.11 bits per heavy atom. The minimum atomic E-state index is -0.198. The number of halogens is 1. The average Bonchev–Trinajstić information content (AvgIpc) is 2.30. The monoisotopic (exact) mass is 265 g/mol. The standard InChI is InChI=1S/C15H24FN3/c1-11(2)9-19(7-6-15(17)18)10-13-8-14(16)5-4-12(13)3/h4-5,8,11H,6-7,9-10H2,1-3H3,(H3,17,18). The van der Waals surface area contributed by atoms with Crippen LogP contribution in [-0.4, -0.2) is 23.8 Å². The van der Waals surface area contributed by atoms with Crippen molar-refractivity contribution in [2.45, 2.75) is 33.7 Å². The van der Waals surface area contributed by atoms with Gasteiger partial charge in [-0.2, -0.15) is 0 Å². The molecule has 0 aromatic heterocycles. The van der Waals surface area contributed by atoms with Gasteiger partial charge in [0.15, 0.2) is 0 Å². The van der Waals surface area contributed by atoms with Crippen molar-refractivity contribution >= 4 is 5.84 Å². The number of amidine groups is 1. The maximum Gasteiger partial charge on any atom is 0.123 e. The second-order valence-corrected chi connectivity index (χ2v) is 5.48. The van der Waals surface area contributed by atoms with Crippen molar-refractivity contribution in [2.75, 3.05) is 13.1 Å². The summed E-state index contributed by atoms with van der Waals surface area (Å²) in [6, 6.07) is 4.89. The van der Waals surface area contributed by atoms with Gasteiger partial charge in [-0.05, 0) is 36.1 Å². The van der Waals surface area contributed by atoms with E-state index in [1.54, 1.807) is 6.07 Å². The highest BCUT2D eigenvalue weighted by atomic mass is 19.1. The highest BCUT2D eigenvalue weighted by Gasteiger charge is 2.11. The van der Waals surface area contributed by atoms with E-state index in [0.717, 1.165) is 24.2 Å². The molecule has 106 valence electrons. The van der Waals surface area contributed by atoms with Crippen molar-refractivity contribution in [3.05, 3.63) is 35.1 Å². The first kappa shape index (κ1) is 15.6. The summed E-state index contributed by atoms with van der Waals surface area (Å²) in [7, 11) is 0. The molecule has 0 radical (unpaired) electrons. The van der Waals surface area contributed by atoms with E-state index in [4.69, 9.17) is 11.1 Å². The van der Waals surface area contributed by atoms with Crippen molar-refractivity contribution in [2.24, 2.45) is 11.7 Å². The summed E-state index contributed by atoms with van der Waals surface area (Å²) in [5.74, 6) is 0.530. The lowest BCUT2D eigenvalue weighted by Crippen LogP contribution is -2.31. The fourth-order valence-electron chi connectivity index (χ4n) is 2.08. The van der Waals surface area contributed by atoms with Crippen molar-refractivity contribution in [1.29, 1.82) is 5.41 Å². The Bertz CT molecular complexity index is 429. The molecule has 3 nitrogen and oxygen atoms in total. The Labute approximate surface area is 115 Å². The number of hydrogen-bond donors (Lipinski definition) is 2. The van der Waals surface area contributed by atoms with Crippen molar-refractivity contribution in [1.82, 2.24) is 4.90 Å². The zero-order chi connectivity index (χ0) is 14.4. The van der Waals surface area contributed by atoms with Gasteiger partial charge in [-0.25, -0.2) is 4.39 Å². The van der Waals surface area contributed by atoms with Gasteiger partial charge in [-0.15, -0.1) is 0 Å². The molecule has 0 heterocycles. The highest BCUT2D eigenvalue weighted by Crippen LogP contribution is 2.14. The largest absolute Gasteiger partial charge is 0.388 e. The first-order valence-corrected chi connectivity index (χ1v) is 6.68. The number of benzene rings is 1. The molecule has 4 heteroatoms. The SMILES string of the molecule is Cc1ccc(F)cc1CN(CCC(=N)N)CC(C)C. The molecule has 0 unspecified atom stereocenters. The lowest BCUT2D eigenvalue weighted by Gasteiger charge is -2.25. The molecule has 1 aromatic rings. The number of nitrogens with one attached hydrogen (secondary N) is 1. The summed E-state index contributed by atoms with van der Waals surface area (Å²) in [4.78, 5) is 2.23. The number of rotatable bonds is 7. The zero-order valence-electron chi connectivity index (χ0n) is 12.0. The van der Waals surface area contributed by atoms with Crippen LogP contribution in [0.3, 0.4) is 0 Å². The number of aryl methyl sites for hydroxylation is 1. The molecule has 0 atom stereocenters. The van der Waals surface area contributed by atoms with Gasteiger partial charge in [0.05, 0.1) is 5.84 Å². The maximum absolute atomic E-state index is 13.3. The minimum absolute atomic E-state index is 0.198. The zero-order valence-corrected chi connectivity index (χ0v) is 12.0. The summed E-state index contributed by atoms with van der Waals surface area (Å²) in [5, 5.41) is 7.32. The molecule has 0 fully saturated rings. The minimum Gasteiger partial charge on any atom is -0.388 e. The van der Waals surface area contributed by atoms with Crippen LogP contribution in [0.5, 0.6) is 0 Å². The van der Waals surface area contributed by atoms with E-state index < -0.39 is 0 Å². The van der Waals surface area contributed by atoms with E-state index in [9.17, 15) is 4.39 Å². The molecule has 0 aliphatic heterocycles. The quantitative estimate of drug-likeness (QED) is 0.588. The second-order valence-electron chi connectivity index (χ2n) is 5.48. The Hall–Kier alpha value is -1.42. The Morgan fingerprint density at radius 1 is 1.42 bits per heavy atom. The predicted octanol–water partition coefficient (Wildman–Crippen LogP) is 2.92. The van der Waals surface area contributed by atoms with Crippen LogP contribution in [0.1, 0.15) is 31.4 Å². The van der Waals surface area contributed by atoms with E-state index in [0.29, 0.717) is 18.9 Å². The van der Waals surface area contributed by atoms with Crippen LogP contribution in [0.4, 0.5) is 4.39 Å². The van der Waals surface area contributed by atoms with Gasteiger partial charge in [0.25, 0.3) is 0 Å². The Balaban J connectivity index is 2.74. The van der Waals surface area contributed by atoms with E-state index in [1.807, 2.05) is 13.0 Å². The summed E-state index contributed by atoms with van der Waals surface area (Å²) in [5.41, 5.74) is 7.51. The first-order chi connectivity index (χ1) is 8.88. The number of nitrogens with zero attached hydrogens (tertiary/aromatic N) is 1. The molecule has 0 spiro atoms. The van der Waals surface area contributed by atoms with Crippen molar-refractivity contribution in [3.8, 4) is 0 Å². The Kier molecular flexibility index (Phi) is 5.96. The lowest BCUT2D eigenvalue weighted by atomic mass is 10.1. The van der Waals surface area contributed by atoms with Crippen LogP contribution in [0, 0.1) is 24.1 Å². The molecule has 19 heavy (non-hydrogen) atoms. The molecule has 0 bridgehead atoms. The molecule has 1 aromatic carbocycles. The molecular formula is C15H24FN3. The third-order valence-corrected chi connectivity index (χ3v) is 3.03. The smallest absolute Gasteiger partial charge is 0.123 e. The summed E-state index contributed by atoms with van der Waals surface area (Å²) in [6.07, 6.45) is 0.557.